The highest BCUT2D eigenvalue weighted by Gasteiger charge is 2.27. The van der Waals surface area contributed by atoms with E-state index in [2.05, 4.69) is 47.1 Å². The number of aryl methyl sites for hydroxylation is 3. The molecule has 164 valence electrons. The molecule has 1 fully saturated rings. The standard InChI is InChI=1S/C25H32N4O2/c1-5-31-25(30)20-8-12-22(13-9-20)28-21-10-6-19(7-11-21)15-29-18(4)27-23-16(2)14-17(3)26-24(23)29/h6-7,10-11,14,20,22,28H,5,8-9,12-13,15H2,1-4H3. The predicted molar refractivity (Wildman–Crippen MR) is 123 cm³/mol. The molecule has 0 aliphatic heterocycles. The Labute approximate surface area is 184 Å². The molecular weight excluding hydrogens is 388 g/mol. The average molecular weight is 421 g/mol. The Morgan fingerprint density at radius 2 is 1.81 bits per heavy atom. The normalized spacial score (nSPS) is 18.8. The molecule has 1 aromatic carbocycles. The molecule has 1 saturated carbocycles. The SMILES string of the molecule is CCOC(=O)C1CCC(Nc2ccc(Cn3c(C)nc4c(C)cc(C)nc43)cc2)CC1. The van der Waals surface area contributed by atoms with Crippen LogP contribution in [0, 0.1) is 26.7 Å². The molecule has 0 bridgehead atoms. The van der Waals surface area contributed by atoms with Crippen molar-refractivity contribution in [1.82, 2.24) is 14.5 Å². The van der Waals surface area contributed by atoms with E-state index in [1.165, 1.54) is 11.1 Å². The maximum atomic E-state index is 11.9. The summed E-state index contributed by atoms with van der Waals surface area (Å²) in [4.78, 5) is 21.4. The van der Waals surface area contributed by atoms with Crippen LogP contribution in [0.2, 0.25) is 0 Å². The molecule has 0 saturated heterocycles. The highest BCUT2D eigenvalue weighted by atomic mass is 16.5. The van der Waals surface area contributed by atoms with Gasteiger partial charge in [-0.3, -0.25) is 4.79 Å². The number of carbonyl (C=O) groups excluding carboxylic acids is 1. The van der Waals surface area contributed by atoms with Crippen molar-refractivity contribution in [3.05, 3.63) is 53.0 Å². The Kier molecular flexibility index (Phi) is 6.25. The number of esters is 1. The van der Waals surface area contributed by atoms with Gasteiger partial charge in [0.25, 0.3) is 0 Å². The van der Waals surface area contributed by atoms with E-state index in [-0.39, 0.29) is 11.9 Å². The third-order valence-electron chi connectivity index (χ3n) is 6.23. The number of hydrogen-bond acceptors (Lipinski definition) is 5. The first kappa shape index (κ1) is 21.3. The van der Waals surface area contributed by atoms with Crippen LogP contribution in [0.4, 0.5) is 5.69 Å². The van der Waals surface area contributed by atoms with Crippen LogP contribution in [-0.4, -0.2) is 33.2 Å². The third-order valence-corrected chi connectivity index (χ3v) is 6.23. The zero-order valence-corrected chi connectivity index (χ0v) is 18.9. The molecule has 6 nitrogen and oxygen atoms in total. The van der Waals surface area contributed by atoms with Crippen molar-refractivity contribution in [2.45, 2.75) is 66.0 Å². The summed E-state index contributed by atoms with van der Waals surface area (Å²) in [6, 6.07) is 11.1. The van der Waals surface area contributed by atoms with Crippen molar-refractivity contribution < 1.29 is 9.53 Å². The summed E-state index contributed by atoms with van der Waals surface area (Å²) in [7, 11) is 0. The quantitative estimate of drug-likeness (QED) is 0.572. The molecule has 1 N–H and O–H groups in total. The predicted octanol–water partition coefficient (Wildman–Crippen LogP) is 4.94. The minimum absolute atomic E-state index is 0.0347. The zero-order chi connectivity index (χ0) is 22.0. The van der Waals surface area contributed by atoms with E-state index in [9.17, 15) is 4.79 Å². The molecule has 1 aliphatic carbocycles. The Bertz CT molecular complexity index is 1060. The molecular formula is C25H32N4O2. The van der Waals surface area contributed by atoms with E-state index in [1.54, 1.807) is 0 Å². The van der Waals surface area contributed by atoms with E-state index < -0.39 is 0 Å². The minimum Gasteiger partial charge on any atom is -0.466 e. The number of fused-ring (bicyclic) bond motifs is 1. The number of imidazole rings is 1. The molecule has 31 heavy (non-hydrogen) atoms. The van der Waals surface area contributed by atoms with Crippen molar-refractivity contribution in [1.29, 1.82) is 0 Å². The number of ether oxygens (including phenoxy) is 1. The van der Waals surface area contributed by atoms with Gasteiger partial charge in [0.1, 0.15) is 11.3 Å². The van der Waals surface area contributed by atoms with Crippen LogP contribution < -0.4 is 5.32 Å². The van der Waals surface area contributed by atoms with Crippen molar-refractivity contribution in [3.8, 4) is 0 Å². The molecule has 0 spiro atoms. The first-order valence-electron chi connectivity index (χ1n) is 11.3. The number of carbonyl (C=O) groups is 1. The van der Waals surface area contributed by atoms with Gasteiger partial charge in [-0.25, -0.2) is 9.97 Å². The van der Waals surface area contributed by atoms with Crippen LogP contribution >= 0.6 is 0 Å². The number of nitrogens with zero attached hydrogens (tertiary/aromatic N) is 3. The van der Waals surface area contributed by atoms with Gasteiger partial charge in [0.2, 0.25) is 0 Å². The van der Waals surface area contributed by atoms with Crippen molar-refractivity contribution in [2.24, 2.45) is 5.92 Å². The summed E-state index contributed by atoms with van der Waals surface area (Å²) >= 11 is 0. The van der Waals surface area contributed by atoms with E-state index in [0.29, 0.717) is 12.6 Å². The van der Waals surface area contributed by atoms with Gasteiger partial charge in [0.05, 0.1) is 19.1 Å². The lowest BCUT2D eigenvalue weighted by Crippen LogP contribution is -2.30. The Hall–Kier alpha value is -2.89. The number of aromatic nitrogens is 3. The monoisotopic (exact) mass is 420 g/mol. The highest BCUT2D eigenvalue weighted by molar-refractivity contribution is 5.76. The van der Waals surface area contributed by atoms with E-state index in [4.69, 9.17) is 14.7 Å². The largest absolute Gasteiger partial charge is 0.466 e. The maximum Gasteiger partial charge on any atom is 0.308 e. The maximum absolute atomic E-state index is 11.9. The summed E-state index contributed by atoms with van der Waals surface area (Å²) in [5, 5.41) is 3.63. The van der Waals surface area contributed by atoms with Gasteiger partial charge < -0.3 is 14.6 Å². The van der Waals surface area contributed by atoms with Crippen LogP contribution in [-0.2, 0) is 16.1 Å². The van der Waals surface area contributed by atoms with E-state index in [1.807, 2.05) is 20.8 Å². The molecule has 2 heterocycles. The van der Waals surface area contributed by atoms with Crippen LogP contribution in [0.15, 0.2) is 30.3 Å². The van der Waals surface area contributed by atoms with Gasteiger partial charge in [-0.1, -0.05) is 12.1 Å². The molecule has 6 heteroatoms. The number of benzene rings is 1. The smallest absolute Gasteiger partial charge is 0.308 e. The van der Waals surface area contributed by atoms with Gasteiger partial charge in [0, 0.05) is 17.4 Å². The first-order chi connectivity index (χ1) is 14.9. The lowest BCUT2D eigenvalue weighted by atomic mass is 9.86. The van der Waals surface area contributed by atoms with Gasteiger partial charge in [0.15, 0.2) is 5.65 Å². The second kappa shape index (κ2) is 9.08. The second-order valence-corrected chi connectivity index (χ2v) is 8.64. The van der Waals surface area contributed by atoms with E-state index in [0.717, 1.165) is 60.6 Å². The summed E-state index contributed by atoms with van der Waals surface area (Å²) in [5.74, 6) is 1.01. The van der Waals surface area contributed by atoms with Crippen molar-refractivity contribution in [2.75, 3.05) is 11.9 Å². The highest BCUT2D eigenvalue weighted by Crippen LogP contribution is 2.28. The molecule has 0 unspecified atom stereocenters. The minimum atomic E-state index is -0.0347. The Morgan fingerprint density at radius 3 is 2.48 bits per heavy atom. The summed E-state index contributed by atoms with van der Waals surface area (Å²) in [6.45, 7) is 9.24. The fraction of sp³-hybridized carbons (Fsp3) is 0.480. The number of rotatable bonds is 6. The van der Waals surface area contributed by atoms with Gasteiger partial charge in [-0.15, -0.1) is 0 Å². The topological polar surface area (TPSA) is 69.0 Å². The number of anilines is 1. The summed E-state index contributed by atoms with van der Waals surface area (Å²) < 4.78 is 7.36. The summed E-state index contributed by atoms with van der Waals surface area (Å²) in [5.41, 5.74) is 6.47. The molecule has 3 aromatic rings. The lowest BCUT2D eigenvalue weighted by molar-refractivity contribution is -0.149. The first-order valence-corrected chi connectivity index (χ1v) is 11.3. The van der Waals surface area contributed by atoms with Crippen LogP contribution in [0.3, 0.4) is 0 Å². The number of nitrogens with one attached hydrogen (secondary N) is 1. The van der Waals surface area contributed by atoms with Gasteiger partial charge >= 0.3 is 5.97 Å². The van der Waals surface area contributed by atoms with Crippen molar-refractivity contribution in [3.63, 3.8) is 0 Å². The Morgan fingerprint density at radius 1 is 1.10 bits per heavy atom. The molecule has 0 amide bonds. The molecule has 2 aromatic heterocycles. The second-order valence-electron chi connectivity index (χ2n) is 8.64. The molecule has 4 rings (SSSR count). The molecule has 0 atom stereocenters. The average Bonchev–Trinajstić information content (AvgIpc) is 3.06. The van der Waals surface area contributed by atoms with Gasteiger partial charge in [-0.2, -0.15) is 0 Å². The van der Waals surface area contributed by atoms with Gasteiger partial charge in [-0.05, 0) is 82.7 Å². The lowest BCUT2D eigenvalue weighted by Gasteiger charge is -2.28. The van der Waals surface area contributed by atoms with Crippen LogP contribution in [0.25, 0.3) is 11.2 Å². The fourth-order valence-corrected chi connectivity index (χ4v) is 4.56. The molecule has 1 aliphatic rings. The Balaban J connectivity index is 1.39. The zero-order valence-electron chi connectivity index (χ0n) is 18.9. The number of pyridine rings is 1. The van der Waals surface area contributed by atoms with Crippen LogP contribution in [0.1, 0.15) is 55.3 Å². The van der Waals surface area contributed by atoms with E-state index >= 15 is 0 Å². The fourth-order valence-electron chi connectivity index (χ4n) is 4.56. The van der Waals surface area contributed by atoms with Crippen molar-refractivity contribution >= 4 is 22.8 Å². The third kappa shape index (κ3) is 4.73. The van der Waals surface area contributed by atoms with Crippen LogP contribution in [0.5, 0.6) is 0 Å². The summed E-state index contributed by atoms with van der Waals surface area (Å²) in [6.07, 6.45) is 3.78. The molecule has 0 radical (unpaired) electrons. The number of hydrogen-bond donors (Lipinski definition) is 1.